The molecule has 0 aliphatic heterocycles. The second-order valence-electron chi connectivity index (χ2n) is 17.0. The Hall–Kier alpha value is -5.74. The van der Waals surface area contributed by atoms with Gasteiger partial charge >= 0.3 is 53.5 Å². The second kappa shape index (κ2) is 19.2. The van der Waals surface area contributed by atoms with E-state index in [1.807, 2.05) is 12.5 Å². The van der Waals surface area contributed by atoms with Gasteiger partial charge in [-0.2, -0.15) is 0 Å². The molecule has 0 atom stereocenters. The Morgan fingerprint density at radius 3 is 1.20 bits per heavy atom. The molecule has 2 aromatic heterocycles. The fourth-order valence-corrected chi connectivity index (χ4v) is 9.46. The third-order valence-electron chi connectivity index (χ3n) is 12.8. The molecule has 0 saturated carbocycles. The molecule has 12 rings (SSSR count). The van der Waals surface area contributed by atoms with Gasteiger partial charge in [-0.1, -0.05) is 182 Å². The van der Waals surface area contributed by atoms with E-state index in [0.717, 1.165) is 57.0 Å². The zero-order chi connectivity index (χ0) is 45.3. The number of furan rings is 2. The fourth-order valence-electron chi connectivity index (χ4n) is 9.46. The summed E-state index contributed by atoms with van der Waals surface area (Å²) in [7, 11) is 11.2. The quantitative estimate of drug-likeness (QED) is 0.123. The van der Waals surface area contributed by atoms with Gasteiger partial charge in [0.25, 0.3) is 0 Å². The predicted octanol–water partition coefficient (Wildman–Crippen LogP) is 18.9. The van der Waals surface area contributed by atoms with Crippen LogP contribution in [0.5, 0.6) is 0 Å². The van der Waals surface area contributed by atoms with Crippen LogP contribution in [0.3, 0.4) is 0 Å². The molecule has 0 saturated heterocycles. The van der Waals surface area contributed by atoms with Gasteiger partial charge in [-0.3, -0.25) is 0 Å². The van der Waals surface area contributed by atoms with Crippen LogP contribution in [0.15, 0.2) is 203 Å². The first-order chi connectivity index (χ1) is 32.3. The zero-order valence-corrected chi connectivity index (χ0v) is 42.4. The van der Waals surface area contributed by atoms with Crippen LogP contribution in [0.25, 0.3) is 110 Å². The van der Waals surface area contributed by atoms with Crippen LogP contribution in [0.1, 0.15) is 25.0 Å². The van der Waals surface area contributed by atoms with Crippen LogP contribution in [0.4, 0.5) is 0 Å². The summed E-state index contributed by atoms with van der Waals surface area (Å²) in [4.78, 5) is 0. The fraction of sp³-hybridized carbons (Fsp3) is 0.100. The molecule has 0 N–H and O–H groups in total. The third kappa shape index (κ3) is 8.46. The average Bonchev–Trinajstić information content (AvgIpc) is 4.18. The summed E-state index contributed by atoms with van der Waals surface area (Å²) in [5.41, 5.74) is 10.1. The Bertz CT molecular complexity index is 3490. The van der Waals surface area contributed by atoms with E-state index in [1.165, 1.54) is 76.5 Å². The first-order valence-electron chi connectivity index (χ1n) is 22.6. The Kier molecular flexibility index (Phi) is 12.9. The van der Waals surface area contributed by atoms with Gasteiger partial charge in [-0.15, -0.1) is 57.9 Å². The molecule has 12 aromatic rings. The molecule has 324 valence electrons. The molecule has 0 fully saturated rings. The van der Waals surface area contributed by atoms with Crippen molar-refractivity contribution in [3.05, 3.63) is 206 Å². The van der Waals surface area contributed by atoms with Crippen LogP contribution >= 0.6 is 17.0 Å². The number of rotatable bonds is 6. The van der Waals surface area contributed by atoms with E-state index in [9.17, 15) is 0 Å². The van der Waals surface area contributed by atoms with E-state index in [0.29, 0.717) is 0 Å². The van der Waals surface area contributed by atoms with E-state index in [2.05, 4.69) is 209 Å². The van der Waals surface area contributed by atoms with Crippen molar-refractivity contribution in [2.45, 2.75) is 39.8 Å². The van der Waals surface area contributed by atoms with Gasteiger partial charge < -0.3 is 8.83 Å². The van der Waals surface area contributed by atoms with Crippen molar-refractivity contribution < 1.29 is 26.8 Å². The molecule has 0 bridgehead atoms. The first-order valence-corrected chi connectivity index (χ1v) is 35.2. The second-order valence-corrected chi connectivity index (χ2v) is 40.0. The summed E-state index contributed by atoms with van der Waals surface area (Å²) in [5.74, 6) is 1.90. The predicted molar refractivity (Wildman–Crippen MR) is 283 cm³/mol. The normalized spacial score (nSPS) is 11.3. The molecular formula is C60H48Cl2O2SiZr-2. The Morgan fingerprint density at radius 2 is 0.803 bits per heavy atom. The Labute approximate surface area is 401 Å². The van der Waals surface area contributed by atoms with Crippen molar-refractivity contribution in [3.63, 3.8) is 0 Å². The molecule has 2 heterocycles. The molecule has 0 radical (unpaired) electrons. The molecule has 0 aliphatic carbocycles. The van der Waals surface area contributed by atoms with Crippen LogP contribution in [0.2, 0.25) is 13.1 Å². The topological polar surface area (TPSA) is 26.3 Å². The van der Waals surface area contributed by atoms with E-state index >= 15 is 0 Å². The maximum atomic E-state index is 6.00. The Balaban J connectivity index is 0.000000138. The molecule has 0 amide bonds. The molecule has 0 spiro atoms. The number of aryl methyl sites for hydroxylation is 2. The molecule has 0 aliphatic rings. The SMILES string of the molecule is CCc1ccc2[cH-]c(-c3occ4ccccc34)cc2c1-c1cccc2ccccc12.CCc1ccc2[cH-]c(-c3occ4ccccc34)cc2c1-c1cccc2ccccc12.C[Si](C)=[Zr]([Cl])[Cl]. The van der Waals surface area contributed by atoms with Gasteiger partial charge in [-0.05, 0) is 67.4 Å². The van der Waals surface area contributed by atoms with Crippen LogP contribution in [-0.4, -0.2) is 5.43 Å². The molecule has 66 heavy (non-hydrogen) atoms. The van der Waals surface area contributed by atoms with Crippen LogP contribution in [0, 0.1) is 0 Å². The van der Waals surface area contributed by atoms with Gasteiger partial charge in [0.1, 0.15) is 0 Å². The number of halogens is 2. The van der Waals surface area contributed by atoms with Gasteiger partial charge in [0.2, 0.25) is 0 Å². The third-order valence-corrected chi connectivity index (χ3v) is 32.5. The first kappa shape index (κ1) is 44.1. The number of benzene rings is 8. The minimum atomic E-state index is -1.65. The average molecular weight is 991 g/mol. The summed E-state index contributed by atoms with van der Waals surface area (Å²) in [5, 5.41) is 14.9. The minimum absolute atomic E-state index is 0.224. The summed E-state index contributed by atoms with van der Waals surface area (Å²) in [6.07, 6.45) is 5.70. The molecule has 6 heteroatoms. The summed E-state index contributed by atoms with van der Waals surface area (Å²) in [6, 6.07) is 65.4. The van der Waals surface area contributed by atoms with Crippen molar-refractivity contribution in [2.24, 2.45) is 0 Å². The van der Waals surface area contributed by atoms with Gasteiger partial charge in [0.15, 0.2) is 0 Å². The van der Waals surface area contributed by atoms with E-state index < -0.39 is 18.0 Å². The van der Waals surface area contributed by atoms with E-state index in [1.54, 1.807) is 0 Å². The van der Waals surface area contributed by atoms with Crippen molar-refractivity contribution in [1.29, 1.82) is 0 Å². The zero-order valence-electron chi connectivity index (χ0n) is 37.5. The number of fused-ring (bicyclic) bond motifs is 6. The van der Waals surface area contributed by atoms with Crippen molar-refractivity contribution in [2.75, 3.05) is 0 Å². The van der Waals surface area contributed by atoms with Crippen molar-refractivity contribution in [1.82, 2.24) is 0 Å². The van der Waals surface area contributed by atoms with Crippen molar-refractivity contribution in [3.8, 4) is 44.9 Å². The van der Waals surface area contributed by atoms with E-state index in [-0.39, 0.29) is 5.43 Å². The molecule has 10 aromatic carbocycles. The van der Waals surface area contributed by atoms with Gasteiger partial charge in [0.05, 0.1) is 24.0 Å². The molecular weight excluding hydrogens is 943 g/mol. The van der Waals surface area contributed by atoms with Crippen molar-refractivity contribution >= 4 is 87.1 Å². The summed E-state index contributed by atoms with van der Waals surface area (Å²) >= 11 is -1.65. The summed E-state index contributed by atoms with van der Waals surface area (Å²) < 4.78 is 12.0. The Morgan fingerprint density at radius 1 is 0.439 bits per heavy atom. The van der Waals surface area contributed by atoms with Gasteiger partial charge in [-0.25, -0.2) is 0 Å². The molecule has 2 nitrogen and oxygen atoms in total. The number of hydrogen-bond acceptors (Lipinski definition) is 2. The standard InChI is InChI=1S/2C29H21O.C2H6Si.2ClH.Zr/c2*1-2-19-14-15-21-16-23(29-25-12-6-4-9-22(25)18-30-29)17-27(21)28(19)26-13-7-10-20-8-3-5-11-24(20)26;1-3-2;;;/h2*3-18H,2H2,1H3;1-2H3;2*1H;/q2*-1;;;;+2/p-2. The monoisotopic (exact) mass is 988 g/mol. The maximum absolute atomic E-state index is 6.00. The van der Waals surface area contributed by atoms with Crippen LogP contribution in [-0.2, 0) is 30.8 Å². The van der Waals surface area contributed by atoms with Gasteiger partial charge in [0, 0.05) is 10.8 Å². The number of hydrogen-bond donors (Lipinski definition) is 0. The molecule has 0 unspecified atom stereocenters. The van der Waals surface area contributed by atoms with Crippen LogP contribution < -0.4 is 0 Å². The summed E-state index contributed by atoms with van der Waals surface area (Å²) in [6.45, 7) is 8.80. The van der Waals surface area contributed by atoms with E-state index in [4.69, 9.17) is 25.9 Å².